The highest BCUT2D eigenvalue weighted by atomic mass is 15.5. The summed E-state index contributed by atoms with van der Waals surface area (Å²) >= 11 is 0. The molecule has 80 valence electrons. The second-order valence-corrected chi connectivity index (χ2v) is 3.26. The van der Waals surface area contributed by atoms with Crippen molar-refractivity contribution in [3.8, 4) is 0 Å². The molecular formula is C7H12N8. The fraction of sp³-hybridized carbons (Fsp3) is 0.714. The van der Waals surface area contributed by atoms with E-state index in [1.807, 2.05) is 0 Å². The number of tetrazole rings is 2. The lowest BCUT2D eigenvalue weighted by atomic mass is 10.1. The van der Waals surface area contributed by atoms with Gasteiger partial charge in [0.1, 0.15) is 11.6 Å². The van der Waals surface area contributed by atoms with Crippen molar-refractivity contribution in [2.24, 2.45) is 0 Å². The molecule has 8 nitrogen and oxygen atoms in total. The van der Waals surface area contributed by atoms with E-state index in [1.165, 1.54) is 0 Å². The highest BCUT2D eigenvalue weighted by Gasteiger charge is 1.99. The Labute approximate surface area is 85.9 Å². The second kappa shape index (κ2) is 5.13. The van der Waals surface area contributed by atoms with Crippen molar-refractivity contribution in [3.63, 3.8) is 0 Å². The van der Waals surface area contributed by atoms with Crippen LogP contribution in [0.2, 0.25) is 0 Å². The molecule has 0 saturated carbocycles. The van der Waals surface area contributed by atoms with E-state index in [-0.39, 0.29) is 0 Å². The zero-order chi connectivity index (χ0) is 10.3. The number of hydrogen-bond donors (Lipinski definition) is 2. The Morgan fingerprint density at radius 3 is 1.67 bits per heavy atom. The summed E-state index contributed by atoms with van der Waals surface area (Å²) in [4.78, 5) is 0. The van der Waals surface area contributed by atoms with Gasteiger partial charge in [0.2, 0.25) is 0 Å². The van der Waals surface area contributed by atoms with E-state index in [1.54, 1.807) is 0 Å². The SMILES string of the molecule is C(CCc1nnn[nH]1)CCc1nnn[nH]1. The Kier molecular flexibility index (Phi) is 3.31. The largest absolute Gasteiger partial charge is 0.243 e. The number of aromatic nitrogens is 8. The van der Waals surface area contributed by atoms with E-state index in [9.17, 15) is 0 Å². The fourth-order valence-corrected chi connectivity index (χ4v) is 1.33. The molecule has 2 aromatic heterocycles. The molecule has 15 heavy (non-hydrogen) atoms. The first-order chi connectivity index (χ1) is 7.45. The van der Waals surface area contributed by atoms with Gasteiger partial charge in [0, 0.05) is 12.8 Å². The predicted molar refractivity (Wildman–Crippen MR) is 49.6 cm³/mol. The van der Waals surface area contributed by atoms with Gasteiger partial charge in [-0.2, -0.15) is 0 Å². The molecule has 2 rings (SSSR count). The summed E-state index contributed by atoms with van der Waals surface area (Å²) < 4.78 is 0. The lowest BCUT2D eigenvalue weighted by molar-refractivity contribution is 0.649. The molecule has 0 fully saturated rings. The second-order valence-electron chi connectivity index (χ2n) is 3.26. The first kappa shape index (κ1) is 9.69. The Balaban J connectivity index is 1.56. The van der Waals surface area contributed by atoms with Crippen LogP contribution in [0.5, 0.6) is 0 Å². The van der Waals surface area contributed by atoms with E-state index in [0.29, 0.717) is 0 Å². The number of unbranched alkanes of at least 4 members (excludes halogenated alkanes) is 2. The maximum absolute atomic E-state index is 3.81. The van der Waals surface area contributed by atoms with Crippen molar-refractivity contribution in [3.05, 3.63) is 11.6 Å². The molecule has 0 spiro atoms. The van der Waals surface area contributed by atoms with Crippen LogP contribution < -0.4 is 0 Å². The van der Waals surface area contributed by atoms with Gasteiger partial charge in [-0.1, -0.05) is 6.42 Å². The molecule has 2 N–H and O–H groups in total. The summed E-state index contributed by atoms with van der Waals surface area (Å²) in [5.74, 6) is 1.69. The van der Waals surface area contributed by atoms with Crippen molar-refractivity contribution in [1.29, 1.82) is 0 Å². The Morgan fingerprint density at radius 2 is 1.27 bits per heavy atom. The van der Waals surface area contributed by atoms with Crippen LogP contribution in [0.1, 0.15) is 30.9 Å². The minimum Gasteiger partial charge on any atom is -0.243 e. The Morgan fingerprint density at radius 1 is 0.733 bits per heavy atom. The third-order valence-corrected chi connectivity index (χ3v) is 2.11. The predicted octanol–water partition coefficient (Wildman–Crippen LogP) is -0.332. The van der Waals surface area contributed by atoms with Gasteiger partial charge in [-0.25, -0.2) is 10.2 Å². The highest BCUT2D eigenvalue weighted by Crippen LogP contribution is 2.03. The molecule has 2 heterocycles. The smallest absolute Gasteiger partial charge is 0.148 e. The minimum atomic E-state index is 0.844. The van der Waals surface area contributed by atoms with E-state index >= 15 is 0 Å². The summed E-state index contributed by atoms with van der Waals surface area (Å²) in [6.07, 6.45) is 5.03. The van der Waals surface area contributed by atoms with Gasteiger partial charge in [-0.05, 0) is 33.7 Å². The third kappa shape index (κ3) is 3.08. The van der Waals surface area contributed by atoms with Crippen molar-refractivity contribution in [1.82, 2.24) is 41.2 Å². The van der Waals surface area contributed by atoms with Crippen LogP contribution in [-0.2, 0) is 12.8 Å². The maximum atomic E-state index is 3.81. The molecule has 0 amide bonds. The van der Waals surface area contributed by atoms with Gasteiger partial charge in [0.05, 0.1) is 0 Å². The number of H-pyrrole nitrogens is 2. The monoisotopic (exact) mass is 208 g/mol. The first-order valence-corrected chi connectivity index (χ1v) is 4.90. The van der Waals surface area contributed by atoms with Crippen molar-refractivity contribution in [2.45, 2.75) is 32.1 Å². The number of nitrogens with one attached hydrogen (secondary N) is 2. The van der Waals surface area contributed by atoms with Crippen LogP contribution >= 0.6 is 0 Å². The molecule has 0 atom stereocenters. The molecule has 0 bridgehead atoms. The molecule has 0 unspecified atom stereocenters. The molecule has 2 aromatic rings. The number of aryl methyl sites for hydroxylation is 2. The van der Waals surface area contributed by atoms with Crippen LogP contribution in [0.3, 0.4) is 0 Å². The van der Waals surface area contributed by atoms with Crippen LogP contribution in [0.4, 0.5) is 0 Å². The van der Waals surface area contributed by atoms with Gasteiger partial charge >= 0.3 is 0 Å². The topological polar surface area (TPSA) is 109 Å². The Hall–Kier alpha value is -1.86. The summed E-state index contributed by atoms with van der Waals surface area (Å²) in [5.41, 5.74) is 0. The summed E-state index contributed by atoms with van der Waals surface area (Å²) in [7, 11) is 0. The molecule has 0 aliphatic rings. The average molecular weight is 208 g/mol. The van der Waals surface area contributed by atoms with E-state index in [0.717, 1.165) is 43.8 Å². The normalized spacial score (nSPS) is 10.7. The molecule has 0 radical (unpaired) electrons. The summed E-state index contributed by atoms with van der Waals surface area (Å²) in [6.45, 7) is 0. The van der Waals surface area contributed by atoms with Gasteiger partial charge in [-0.15, -0.1) is 10.2 Å². The number of rotatable bonds is 6. The zero-order valence-corrected chi connectivity index (χ0v) is 8.22. The van der Waals surface area contributed by atoms with Crippen molar-refractivity contribution >= 4 is 0 Å². The Bertz CT molecular complexity index is 316. The lowest BCUT2D eigenvalue weighted by Gasteiger charge is -1.96. The first-order valence-electron chi connectivity index (χ1n) is 4.90. The van der Waals surface area contributed by atoms with Gasteiger partial charge in [-0.3, -0.25) is 0 Å². The number of hydrogen-bond acceptors (Lipinski definition) is 6. The summed E-state index contributed by atoms with van der Waals surface area (Å²) in [6, 6.07) is 0. The molecule has 0 aliphatic heterocycles. The summed E-state index contributed by atoms with van der Waals surface area (Å²) in [5, 5.41) is 27.1. The van der Waals surface area contributed by atoms with Gasteiger partial charge in [0.25, 0.3) is 0 Å². The average Bonchev–Trinajstić information content (AvgIpc) is 2.88. The number of aromatic amines is 2. The van der Waals surface area contributed by atoms with Crippen molar-refractivity contribution < 1.29 is 0 Å². The highest BCUT2D eigenvalue weighted by molar-refractivity contribution is 4.77. The van der Waals surface area contributed by atoms with E-state index < -0.39 is 0 Å². The third-order valence-electron chi connectivity index (χ3n) is 2.11. The van der Waals surface area contributed by atoms with E-state index in [2.05, 4.69) is 41.2 Å². The lowest BCUT2D eigenvalue weighted by Crippen LogP contribution is -1.92. The molecule has 0 aromatic carbocycles. The van der Waals surface area contributed by atoms with Crippen LogP contribution in [0.25, 0.3) is 0 Å². The minimum absolute atomic E-state index is 0.844. The maximum Gasteiger partial charge on any atom is 0.148 e. The van der Waals surface area contributed by atoms with Crippen LogP contribution in [0.15, 0.2) is 0 Å². The fourth-order valence-electron chi connectivity index (χ4n) is 1.33. The van der Waals surface area contributed by atoms with Crippen LogP contribution in [0, 0.1) is 0 Å². The number of nitrogens with zero attached hydrogens (tertiary/aromatic N) is 6. The molecular weight excluding hydrogens is 196 g/mol. The molecule has 8 heteroatoms. The van der Waals surface area contributed by atoms with E-state index in [4.69, 9.17) is 0 Å². The van der Waals surface area contributed by atoms with Crippen LogP contribution in [-0.4, -0.2) is 41.2 Å². The zero-order valence-electron chi connectivity index (χ0n) is 8.22. The quantitative estimate of drug-likeness (QED) is 0.629. The van der Waals surface area contributed by atoms with Crippen molar-refractivity contribution in [2.75, 3.05) is 0 Å². The molecule has 0 saturated heterocycles. The standard InChI is InChI=1S/C7H12N8/c1(2-4-6-8-12-13-9-6)3-5-7-10-14-15-11-7/h1-5H2,(H,8,9,12,13)(H,10,11,14,15). The van der Waals surface area contributed by atoms with Gasteiger partial charge < -0.3 is 0 Å². The van der Waals surface area contributed by atoms with Gasteiger partial charge in [0.15, 0.2) is 0 Å². The molecule has 0 aliphatic carbocycles.